The predicted octanol–water partition coefficient (Wildman–Crippen LogP) is 2.23. The minimum Gasteiger partial charge on any atom is -0.366 e. The van der Waals surface area contributed by atoms with E-state index in [0.29, 0.717) is 5.92 Å². The normalized spacial score (nSPS) is 30.0. The molecule has 2 unspecified atom stereocenters. The zero-order valence-electron chi connectivity index (χ0n) is 8.49. The molecule has 0 spiro atoms. The topological polar surface area (TPSA) is 26.3 Å². The van der Waals surface area contributed by atoms with Crippen molar-refractivity contribution in [3.8, 4) is 0 Å². The smallest absolute Gasteiger partial charge is 0.156 e. The molecule has 1 aromatic rings. The number of fused-ring (bicyclic) bond motifs is 1. The van der Waals surface area contributed by atoms with Crippen molar-refractivity contribution in [1.82, 2.24) is 0 Å². The van der Waals surface area contributed by atoms with Gasteiger partial charge in [-0.1, -0.05) is 31.2 Å². The van der Waals surface area contributed by atoms with Crippen molar-refractivity contribution >= 4 is 6.29 Å². The lowest BCUT2D eigenvalue weighted by Crippen LogP contribution is -2.27. The molecular formula is C12H14O2. The van der Waals surface area contributed by atoms with E-state index in [1.54, 1.807) is 7.11 Å². The van der Waals surface area contributed by atoms with E-state index in [1.807, 2.05) is 18.2 Å². The van der Waals surface area contributed by atoms with Crippen molar-refractivity contribution in [3.63, 3.8) is 0 Å². The molecule has 2 atom stereocenters. The molecule has 2 rings (SSSR count). The molecule has 14 heavy (non-hydrogen) atoms. The Bertz CT molecular complexity index is 359. The fraction of sp³-hybridized carbons (Fsp3) is 0.417. The van der Waals surface area contributed by atoms with Gasteiger partial charge in [0.15, 0.2) is 6.29 Å². The lowest BCUT2D eigenvalue weighted by Gasteiger charge is -2.21. The summed E-state index contributed by atoms with van der Waals surface area (Å²) < 4.78 is 5.38. The van der Waals surface area contributed by atoms with Crippen molar-refractivity contribution in [2.75, 3.05) is 7.11 Å². The molecule has 0 amide bonds. The van der Waals surface area contributed by atoms with E-state index < -0.39 is 5.60 Å². The molecule has 74 valence electrons. The molecule has 0 aliphatic heterocycles. The van der Waals surface area contributed by atoms with Crippen LogP contribution in [0.5, 0.6) is 0 Å². The van der Waals surface area contributed by atoms with Crippen LogP contribution in [0.25, 0.3) is 0 Å². The lowest BCUT2D eigenvalue weighted by molar-refractivity contribution is -0.128. The van der Waals surface area contributed by atoms with Crippen molar-refractivity contribution in [2.24, 2.45) is 0 Å². The summed E-state index contributed by atoms with van der Waals surface area (Å²) in [5, 5.41) is 0. The average Bonchev–Trinajstić information content (AvgIpc) is 2.53. The van der Waals surface area contributed by atoms with E-state index in [4.69, 9.17) is 4.74 Å². The van der Waals surface area contributed by atoms with Crippen LogP contribution in [0, 0.1) is 0 Å². The second-order valence-electron chi connectivity index (χ2n) is 3.90. The molecule has 1 aliphatic rings. The van der Waals surface area contributed by atoms with Crippen LogP contribution < -0.4 is 0 Å². The highest BCUT2D eigenvalue weighted by molar-refractivity contribution is 5.70. The Hall–Kier alpha value is -1.15. The second kappa shape index (κ2) is 3.21. The third-order valence-electron chi connectivity index (χ3n) is 3.11. The molecule has 0 heterocycles. The molecule has 0 N–H and O–H groups in total. The number of ether oxygens (including phenoxy) is 1. The fourth-order valence-electron chi connectivity index (χ4n) is 2.34. The van der Waals surface area contributed by atoms with E-state index in [9.17, 15) is 4.79 Å². The standard InChI is InChI=1S/C12H14O2/c1-9-7-12(8-13,14-2)11-6-4-3-5-10(9)11/h3-6,8-9H,7H2,1-2H3. The number of aldehydes is 1. The first-order chi connectivity index (χ1) is 6.73. The molecule has 1 aliphatic carbocycles. The number of benzene rings is 1. The average molecular weight is 190 g/mol. The van der Waals surface area contributed by atoms with Crippen LogP contribution in [0.4, 0.5) is 0 Å². The molecule has 0 bridgehead atoms. The summed E-state index contributed by atoms with van der Waals surface area (Å²) in [6.45, 7) is 2.13. The Balaban J connectivity index is 2.58. The maximum atomic E-state index is 11.1. The summed E-state index contributed by atoms with van der Waals surface area (Å²) in [5.41, 5.74) is 1.57. The third kappa shape index (κ3) is 1.11. The van der Waals surface area contributed by atoms with Crippen LogP contribution in [0.15, 0.2) is 24.3 Å². The van der Waals surface area contributed by atoms with Crippen molar-refractivity contribution in [1.29, 1.82) is 0 Å². The Morgan fingerprint density at radius 1 is 1.50 bits per heavy atom. The van der Waals surface area contributed by atoms with Crippen molar-refractivity contribution in [3.05, 3.63) is 35.4 Å². The summed E-state index contributed by atoms with van der Waals surface area (Å²) >= 11 is 0. The zero-order valence-corrected chi connectivity index (χ0v) is 8.49. The zero-order chi connectivity index (χ0) is 10.2. The molecule has 0 saturated carbocycles. The fourth-order valence-corrected chi connectivity index (χ4v) is 2.34. The molecule has 1 aromatic carbocycles. The van der Waals surface area contributed by atoms with Gasteiger partial charge in [-0.2, -0.15) is 0 Å². The largest absolute Gasteiger partial charge is 0.366 e. The number of hydrogen-bond donors (Lipinski definition) is 0. The van der Waals surface area contributed by atoms with Crippen LogP contribution in [-0.4, -0.2) is 13.4 Å². The summed E-state index contributed by atoms with van der Waals surface area (Å²) in [6.07, 6.45) is 1.68. The number of carbonyl (C=O) groups is 1. The van der Waals surface area contributed by atoms with Gasteiger partial charge in [0.1, 0.15) is 5.60 Å². The van der Waals surface area contributed by atoms with Crippen molar-refractivity contribution in [2.45, 2.75) is 24.9 Å². The quantitative estimate of drug-likeness (QED) is 0.668. The van der Waals surface area contributed by atoms with Gasteiger partial charge in [0.05, 0.1) is 0 Å². The summed E-state index contributed by atoms with van der Waals surface area (Å²) in [6, 6.07) is 8.01. The highest BCUT2D eigenvalue weighted by Gasteiger charge is 2.42. The Labute approximate surface area is 83.9 Å². The van der Waals surface area contributed by atoms with E-state index in [0.717, 1.165) is 18.3 Å². The Morgan fingerprint density at radius 2 is 2.21 bits per heavy atom. The van der Waals surface area contributed by atoms with Gasteiger partial charge in [-0.25, -0.2) is 0 Å². The number of rotatable bonds is 2. The maximum absolute atomic E-state index is 11.1. The van der Waals surface area contributed by atoms with Gasteiger partial charge in [0.2, 0.25) is 0 Å². The highest BCUT2D eigenvalue weighted by atomic mass is 16.5. The van der Waals surface area contributed by atoms with Crippen molar-refractivity contribution < 1.29 is 9.53 Å². The number of hydrogen-bond acceptors (Lipinski definition) is 2. The van der Waals surface area contributed by atoms with Crippen LogP contribution in [-0.2, 0) is 15.1 Å². The van der Waals surface area contributed by atoms with Gasteiger partial charge in [0.25, 0.3) is 0 Å². The van der Waals surface area contributed by atoms with E-state index in [-0.39, 0.29) is 0 Å². The lowest BCUT2D eigenvalue weighted by atomic mass is 9.97. The van der Waals surface area contributed by atoms with Crippen LogP contribution >= 0.6 is 0 Å². The SMILES string of the molecule is COC1(C=O)CC(C)c2ccccc21. The minimum absolute atomic E-state index is 0.399. The van der Waals surface area contributed by atoms with Gasteiger partial charge >= 0.3 is 0 Å². The first-order valence-corrected chi connectivity index (χ1v) is 4.84. The summed E-state index contributed by atoms with van der Waals surface area (Å²) in [5.74, 6) is 0.399. The molecule has 0 aromatic heterocycles. The first kappa shape index (κ1) is 9.41. The molecule has 0 saturated heterocycles. The monoisotopic (exact) mass is 190 g/mol. The van der Waals surface area contributed by atoms with E-state index >= 15 is 0 Å². The van der Waals surface area contributed by atoms with E-state index in [1.165, 1.54) is 5.56 Å². The first-order valence-electron chi connectivity index (χ1n) is 4.84. The molecule has 0 fully saturated rings. The molecule has 0 radical (unpaired) electrons. The van der Waals surface area contributed by atoms with Gasteiger partial charge in [-0.05, 0) is 23.5 Å². The van der Waals surface area contributed by atoms with Crippen LogP contribution in [0.1, 0.15) is 30.4 Å². The van der Waals surface area contributed by atoms with Gasteiger partial charge < -0.3 is 4.74 Å². The van der Waals surface area contributed by atoms with E-state index in [2.05, 4.69) is 13.0 Å². The summed E-state index contributed by atoms with van der Waals surface area (Å²) in [7, 11) is 1.60. The van der Waals surface area contributed by atoms with Gasteiger partial charge in [-0.15, -0.1) is 0 Å². The number of methoxy groups -OCH3 is 1. The number of carbonyl (C=O) groups excluding carboxylic acids is 1. The second-order valence-corrected chi connectivity index (χ2v) is 3.90. The Morgan fingerprint density at radius 3 is 2.86 bits per heavy atom. The third-order valence-corrected chi connectivity index (χ3v) is 3.11. The summed E-state index contributed by atoms with van der Waals surface area (Å²) in [4.78, 5) is 11.1. The van der Waals surface area contributed by atoms with Gasteiger partial charge in [0, 0.05) is 7.11 Å². The molecular weight excluding hydrogens is 176 g/mol. The predicted molar refractivity (Wildman–Crippen MR) is 54.2 cm³/mol. The molecule has 2 heteroatoms. The molecule has 2 nitrogen and oxygen atoms in total. The van der Waals surface area contributed by atoms with Crippen LogP contribution in [0.3, 0.4) is 0 Å². The highest BCUT2D eigenvalue weighted by Crippen LogP contribution is 2.44. The maximum Gasteiger partial charge on any atom is 0.156 e. The van der Waals surface area contributed by atoms with Crippen LogP contribution in [0.2, 0.25) is 0 Å². The van der Waals surface area contributed by atoms with Gasteiger partial charge in [-0.3, -0.25) is 4.79 Å². The minimum atomic E-state index is -0.698. The Kier molecular flexibility index (Phi) is 2.16.